The first-order valence-electron chi connectivity index (χ1n) is 12.6. The molecule has 7 heteroatoms. The molecule has 35 heavy (non-hydrogen) atoms. The van der Waals surface area contributed by atoms with Gasteiger partial charge < -0.3 is 14.4 Å². The highest BCUT2D eigenvalue weighted by Gasteiger charge is 2.27. The first-order valence-corrected chi connectivity index (χ1v) is 12.6. The minimum absolute atomic E-state index is 0.0522. The Kier molecular flexibility index (Phi) is 6.86. The number of hydrogen-bond donors (Lipinski definition) is 0. The highest BCUT2D eigenvalue weighted by atomic mass is 16.5. The number of rotatable bonds is 5. The van der Waals surface area contributed by atoms with Gasteiger partial charge in [-0.25, -0.2) is 4.68 Å². The molecule has 0 spiro atoms. The standard InChI is InChI=1S/C28H33N3O4/c1-19-23-10-6-7-11-24(23)28(33)31(29-19)18-26(32)30-14-15-35-25-13-12-21(16-22(25)17-30)27(34-2)20-8-4-3-5-9-20/h6-7,10-13,16,20,27H,3-5,8-9,14-15,17-18H2,1-2H3. The van der Waals surface area contributed by atoms with Crippen LogP contribution < -0.4 is 10.3 Å². The molecule has 1 aliphatic carbocycles. The lowest BCUT2D eigenvalue weighted by Crippen LogP contribution is -2.38. The van der Waals surface area contributed by atoms with Gasteiger partial charge in [0.2, 0.25) is 5.91 Å². The monoisotopic (exact) mass is 475 g/mol. The predicted molar refractivity (Wildman–Crippen MR) is 134 cm³/mol. The van der Waals surface area contributed by atoms with Crippen molar-refractivity contribution in [1.29, 1.82) is 0 Å². The van der Waals surface area contributed by atoms with E-state index in [-0.39, 0.29) is 24.1 Å². The zero-order valence-electron chi connectivity index (χ0n) is 20.5. The molecule has 0 saturated heterocycles. The number of amides is 1. The van der Waals surface area contributed by atoms with Crippen molar-refractivity contribution in [2.24, 2.45) is 5.92 Å². The Labute approximate surface area is 205 Å². The van der Waals surface area contributed by atoms with Crippen LogP contribution in [0.15, 0.2) is 47.3 Å². The summed E-state index contributed by atoms with van der Waals surface area (Å²) in [6.45, 7) is 3.07. The summed E-state index contributed by atoms with van der Waals surface area (Å²) in [5.41, 5.74) is 2.60. The van der Waals surface area contributed by atoms with Crippen LogP contribution in [0.3, 0.4) is 0 Å². The molecule has 2 heterocycles. The van der Waals surface area contributed by atoms with Gasteiger partial charge in [-0.05, 0) is 49.4 Å². The van der Waals surface area contributed by atoms with Gasteiger partial charge in [0.15, 0.2) is 0 Å². The van der Waals surface area contributed by atoms with Crippen molar-refractivity contribution in [2.45, 2.75) is 58.2 Å². The largest absolute Gasteiger partial charge is 0.491 e. The first-order chi connectivity index (χ1) is 17.0. The van der Waals surface area contributed by atoms with Crippen LogP contribution in [0.5, 0.6) is 5.75 Å². The number of carbonyl (C=O) groups excluding carboxylic acids is 1. The summed E-state index contributed by atoms with van der Waals surface area (Å²) in [4.78, 5) is 28.0. The van der Waals surface area contributed by atoms with E-state index in [0.717, 1.165) is 28.0 Å². The van der Waals surface area contributed by atoms with E-state index in [9.17, 15) is 9.59 Å². The first kappa shape index (κ1) is 23.5. The van der Waals surface area contributed by atoms with Crippen LogP contribution in [0, 0.1) is 12.8 Å². The Hall–Kier alpha value is -3.19. The molecule has 1 aromatic heterocycles. The van der Waals surface area contributed by atoms with Gasteiger partial charge >= 0.3 is 0 Å². The van der Waals surface area contributed by atoms with Crippen molar-refractivity contribution in [3.63, 3.8) is 0 Å². The average Bonchev–Trinajstić information content (AvgIpc) is 3.10. The van der Waals surface area contributed by atoms with E-state index in [1.807, 2.05) is 31.2 Å². The van der Waals surface area contributed by atoms with Crippen LogP contribution in [-0.4, -0.2) is 40.8 Å². The zero-order valence-corrected chi connectivity index (χ0v) is 20.5. The Morgan fingerprint density at radius 1 is 1.14 bits per heavy atom. The number of aromatic nitrogens is 2. The van der Waals surface area contributed by atoms with Gasteiger partial charge in [0.1, 0.15) is 18.9 Å². The normalized spacial score (nSPS) is 17.5. The SMILES string of the molecule is COC(c1ccc2c(c1)CN(C(=O)Cn1nc(C)c3ccccc3c1=O)CCO2)C1CCCCC1. The van der Waals surface area contributed by atoms with E-state index >= 15 is 0 Å². The summed E-state index contributed by atoms with van der Waals surface area (Å²) < 4.78 is 13.2. The van der Waals surface area contributed by atoms with Crippen molar-refractivity contribution >= 4 is 16.7 Å². The molecule has 1 amide bonds. The Morgan fingerprint density at radius 2 is 1.91 bits per heavy atom. The van der Waals surface area contributed by atoms with Crippen LogP contribution in [-0.2, 0) is 22.6 Å². The molecule has 0 N–H and O–H groups in total. The third kappa shape index (κ3) is 4.82. The van der Waals surface area contributed by atoms with Crippen LogP contribution in [0.25, 0.3) is 10.8 Å². The molecule has 5 rings (SSSR count). The van der Waals surface area contributed by atoms with Gasteiger partial charge in [0, 0.05) is 24.6 Å². The number of benzene rings is 2. The molecule has 0 bridgehead atoms. The fourth-order valence-corrected chi connectivity index (χ4v) is 5.58. The van der Waals surface area contributed by atoms with Gasteiger partial charge in [-0.1, -0.05) is 43.5 Å². The zero-order chi connectivity index (χ0) is 24.4. The molecule has 1 atom stereocenters. The van der Waals surface area contributed by atoms with E-state index in [2.05, 4.69) is 17.2 Å². The summed E-state index contributed by atoms with van der Waals surface area (Å²) >= 11 is 0. The molecule has 1 aliphatic heterocycles. The molecule has 3 aromatic rings. The predicted octanol–water partition coefficient (Wildman–Crippen LogP) is 4.39. The van der Waals surface area contributed by atoms with Crippen LogP contribution in [0.2, 0.25) is 0 Å². The van der Waals surface area contributed by atoms with E-state index in [4.69, 9.17) is 9.47 Å². The van der Waals surface area contributed by atoms with Crippen molar-refractivity contribution in [2.75, 3.05) is 20.3 Å². The lowest BCUT2D eigenvalue weighted by atomic mass is 9.82. The van der Waals surface area contributed by atoms with E-state index < -0.39 is 0 Å². The lowest BCUT2D eigenvalue weighted by molar-refractivity contribution is -0.132. The van der Waals surface area contributed by atoms with Crippen LogP contribution >= 0.6 is 0 Å². The highest BCUT2D eigenvalue weighted by Crippen LogP contribution is 2.38. The molecule has 1 unspecified atom stereocenters. The van der Waals surface area contributed by atoms with Gasteiger partial charge in [0.25, 0.3) is 5.56 Å². The Bertz CT molecular complexity index is 1280. The van der Waals surface area contributed by atoms with Crippen LogP contribution in [0.4, 0.5) is 0 Å². The highest BCUT2D eigenvalue weighted by molar-refractivity contribution is 5.83. The number of hydrogen-bond acceptors (Lipinski definition) is 5. The van der Waals surface area contributed by atoms with E-state index in [1.165, 1.54) is 36.8 Å². The number of ether oxygens (including phenoxy) is 2. The quantitative estimate of drug-likeness (QED) is 0.547. The van der Waals surface area contributed by atoms with Gasteiger partial charge in [0.05, 0.1) is 23.7 Å². The third-order valence-corrected chi connectivity index (χ3v) is 7.42. The summed E-state index contributed by atoms with van der Waals surface area (Å²) in [6, 6.07) is 13.6. The van der Waals surface area contributed by atoms with Crippen molar-refractivity contribution in [1.82, 2.24) is 14.7 Å². The molecule has 1 saturated carbocycles. The maximum Gasteiger partial charge on any atom is 0.275 e. The fraction of sp³-hybridized carbons (Fsp3) is 0.464. The minimum Gasteiger partial charge on any atom is -0.491 e. The second-order valence-electron chi connectivity index (χ2n) is 9.68. The smallest absolute Gasteiger partial charge is 0.275 e. The molecule has 0 radical (unpaired) electrons. The summed E-state index contributed by atoms with van der Waals surface area (Å²) in [5, 5.41) is 5.81. The summed E-state index contributed by atoms with van der Waals surface area (Å²) in [7, 11) is 1.79. The van der Waals surface area contributed by atoms with Crippen molar-refractivity contribution in [3.05, 3.63) is 69.6 Å². The summed E-state index contributed by atoms with van der Waals surface area (Å²) in [6.07, 6.45) is 6.23. The van der Waals surface area contributed by atoms with Crippen molar-refractivity contribution in [3.8, 4) is 5.75 Å². The molecule has 1 fully saturated rings. The lowest BCUT2D eigenvalue weighted by Gasteiger charge is -2.30. The topological polar surface area (TPSA) is 73.7 Å². The Balaban J connectivity index is 1.37. The molecule has 184 valence electrons. The number of nitrogens with zero attached hydrogens (tertiary/aromatic N) is 3. The number of carbonyl (C=O) groups is 1. The number of methoxy groups -OCH3 is 1. The van der Waals surface area contributed by atoms with Gasteiger partial charge in [-0.15, -0.1) is 0 Å². The maximum atomic E-state index is 13.3. The van der Waals surface area contributed by atoms with Crippen molar-refractivity contribution < 1.29 is 14.3 Å². The molecular formula is C28H33N3O4. The maximum absolute atomic E-state index is 13.3. The molecule has 7 nitrogen and oxygen atoms in total. The fourth-order valence-electron chi connectivity index (χ4n) is 5.58. The molecule has 2 aliphatic rings. The van der Waals surface area contributed by atoms with Crippen LogP contribution in [0.1, 0.15) is 55.0 Å². The number of aryl methyl sites for hydroxylation is 1. The minimum atomic E-state index is -0.247. The molecule has 2 aromatic carbocycles. The third-order valence-electron chi connectivity index (χ3n) is 7.42. The summed E-state index contributed by atoms with van der Waals surface area (Å²) in [5.74, 6) is 1.18. The Morgan fingerprint density at radius 3 is 2.69 bits per heavy atom. The van der Waals surface area contributed by atoms with Gasteiger partial charge in [-0.3, -0.25) is 9.59 Å². The average molecular weight is 476 g/mol. The second-order valence-corrected chi connectivity index (χ2v) is 9.68. The van der Waals surface area contributed by atoms with E-state index in [0.29, 0.717) is 31.0 Å². The van der Waals surface area contributed by atoms with Gasteiger partial charge in [-0.2, -0.15) is 5.10 Å². The number of fused-ring (bicyclic) bond motifs is 2. The molecular weight excluding hydrogens is 442 g/mol. The second kappa shape index (κ2) is 10.2. The van der Waals surface area contributed by atoms with E-state index in [1.54, 1.807) is 18.1 Å².